The Kier molecular flexibility index (Phi) is 12.5. The third kappa shape index (κ3) is 9.36. The van der Waals surface area contributed by atoms with E-state index in [1.165, 1.54) is 0 Å². The van der Waals surface area contributed by atoms with Gasteiger partial charge in [0.2, 0.25) is 5.90 Å². The zero-order chi connectivity index (χ0) is 32.3. The lowest BCUT2D eigenvalue weighted by molar-refractivity contribution is -0.130. The molecule has 3 aromatic rings. The summed E-state index contributed by atoms with van der Waals surface area (Å²) < 4.78 is 45.4. The van der Waals surface area contributed by atoms with Crippen LogP contribution in [0.3, 0.4) is 0 Å². The number of hydrazine groups is 1. The summed E-state index contributed by atoms with van der Waals surface area (Å²) in [5.74, 6) is -0.0269. The van der Waals surface area contributed by atoms with E-state index in [0.29, 0.717) is 49.5 Å². The highest BCUT2D eigenvalue weighted by molar-refractivity contribution is 9.10. The molecule has 0 radical (unpaired) electrons. The minimum absolute atomic E-state index is 0.0326. The number of aliphatic hydroxyl groups excluding tert-OH is 1. The first kappa shape index (κ1) is 34.6. The molecule has 1 amide bonds. The van der Waals surface area contributed by atoms with Gasteiger partial charge in [-0.25, -0.2) is 18.8 Å². The van der Waals surface area contributed by atoms with Crippen molar-refractivity contribution < 1.29 is 32.5 Å². The fourth-order valence-corrected chi connectivity index (χ4v) is 6.43. The standard InChI is InChI=1S/C33H40BrN3O7S/c1-24(2)42-21-6-19-35-37-32(39)33(18-23-45(40,41)29-8-4-3-5-9-29)30(25-10-14-27(34)15-11-25)44-31(36-33)26-12-16-28(17-13-26)43-22-7-20-38/h3-5,8-17,24,30,35,38H,6-7,18-23H2,1-2H3,(H,37,39)/t30-,33-/m0/s1. The highest BCUT2D eigenvalue weighted by atomic mass is 79.9. The second kappa shape index (κ2) is 16.3. The van der Waals surface area contributed by atoms with E-state index in [1.807, 2.05) is 38.1 Å². The fourth-order valence-electron chi connectivity index (χ4n) is 4.77. The van der Waals surface area contributed by atoms with Crippen LogP contribution in [0.2, 0.25) is 0 Å². The fraction of sp³-hybridized carbons (Fsp3) is 0.394. The predicted octanol–water partition coefficient (Wildman–Crippen LogP) is 4.77. The number of aliphatic imine (C=N–C) groups is 1. The van der Waals surface area contributed by atoms with Gasteiger partial charge in [0.15, 0.2) is 21.5 Å². The molecule has 0 spiro atoms. The number of aliphatic hydroxyl groups is 1. The van der Waals surface area contributed by atoms with Crippen molar-refractivity contribution in [2.75, 3.05) is 32.1 Å². The third-order valence-electron chi connectivity index (χ3n) is 7.16. The van der Waals surface area contributed by atoms with Gasteiger partial charge in [-0.05, 0) is 74.4 Å². The Morgan fingerprint density at radius 2 is 1.73 bits per heavy atom. The molecule has 3 N–H and O–H groups in total. The van der Waals surface area contributed by atoms with Crippen LogP contribution in [0.1, 0.15) is 50.3 Å². The number of halogens is 1. The molecule has 0 fully saturated rings. The summed E-state index contributed by atoms with van der Waals surface area (Å²) in [6.07, 6.45) is 0.209. The Bertz CT molecular complexity index is 1520. The van der Waals surface area contributed by atoms with E-state index in [9.17, 15) is 13.2 Å². The van der Waals surface area contributed by atoms with Gasteiger partial charge in [0.25, 0.3) is 5.91 Å². The average Bonchev–Trinajstić information content (AvgIpc) is 3.44. The van der Waals surface area contributed by atoms with E-state index in [0.717, 1.165) is 4.47 Å². The molecule has 10 nitrogen and oxygen atoms in total. The van der Waals surface area contributed by atoms with Crippen molar-refractivity contribution in [1.29, 1.82) is 0 Å². The molecule has 12 heteroatoms. The van der Waals surface area contributed by atoms with Crippen molar-refractivity contribution in [3.8, 4) is 5.75 Å². The average molecular weight is 703 g/mol. The second-order valence-electron chi connectivity index (χ2n) is 10.9. The number of hydrogen-bond acceptors (Lipinski definition) is 9. The van der Waals surface area contributed by atoms with Gasteiger partial charge < -0.3 is 19.3 Å². The Morgan fingerprint density at radius 1 is 1.02 bits per heavy atom. The monoisotopic (exact) mass is 701 g/mol. The number of carbonyl (C=O) groups excluding carboxylic acids is 1. The largest absolute Gasteiger partial charge is 0.494 e. The molecule has 0 bridgehead atoms. The van der Waals surface area contributed by atoms with Crippen LogP contribution < -0.4 is 15.6 Å². The summed E-state index contributed by atoms with van der Waals surface area (Å²) in [5, 5.41) is 9.04. The number of rotatable bonds is 17. The van der Waals surface area contributed by atoms with E-state index in [4.69, 9.17) is 24.3 Å². The maximum absolute atomic E-state index is 14.2. The number of ether oxygens (including phenoxy) is 3. The number of benzene rings is 3. The van der Waals surface area contributed by atoms with E-state index >= 15 is 0 Å². The Morgan fingerprint density at radius 3 is 2.40 bits per heavy atom. The van der Waals surface area contributed by atoms with Crippen LogP contribution in [0, 0.1) is 0 Å². The minimum atomic E-state index is -3.75. The molecule has 1 heterocycles. The molecule has 3 aromatic carbocycles. The smallest absolute Gasteiger partial charge is 0.266 e. The molecule has 45 heavy (non-hydrogen) atoms. The lowest BCUT2D eigenvalue weighted by Gasteiger charge is -2.30. The zero-order valence-corrected chi connectivity index (χ0v) is 27.8. The Balaban J connectivity index is 1.68. The first-order valence-corrected chi connectivity index (χ1v) is 17.4. The van der Waals surface area contributed by atoms with Crippen LogP contribution in [0.15, 0.2) is 93.2 Å². The molecule has 0 unspecified atom stereocenters. The molecule has 1 aliphatic rings. The SMILES string of the molecule is CC(C)OCCCNNC(=O)[C@@]1(CCS(=O)(=O)c2ccccc2)N=C(c2ccc(OCCCO)cc2)O[C@H]1c1ccc(Br)cc1. The maximum atomic E-state index is 14.2. The number of carbonyl (C=O) groups is 1. The van der Waals surface area contributed by atoms with E-state index in [2.05, 4.69) is 26.8 Å². The van der Waals surface area contributed by atoms with Crippen molar-refractivity contribution in [2.45, 2.75) is 55.8 Å². The van der Waals surface area contributed by atoms with Crippen LogP contribution in [0.5, 0.6) is 5.75 Å². The topological polar surface area (TPSA) is 136 Å². The Labute approximate surface area is 273 Å². The number of nitrogens with one attached hydrogen (secondary N) is 2. The predicted molar refractivity (Wildman–Crippen MR) is 176 cm³/mol. The molecule has 0 saturated heterocycles. The lowest BCUT2D eigenvalue weighted by Crippen LogP contribution is -2.53. The molecular formula is C33H40BrN3O7S. The quantitative estimate of drug-likeness (QED) is 0.135. The molecule has 242 valence electrons. The van der Waals surface area contributed by atoms with Crippen LogP contribution in [-0.4, -0.2) is 69.1 Å². The number of sulfone groups is 1. The van der Waals surface area contributed by atoms with Crippen molar-refractivity contribution in [3.63, 3.8) is 0 Å². The normalized spacial score (nSPS) is 18.0. The van der Waals surface area contributed by atoms with Gasteiger partial charge >= 0.3 is 0 Å². The Hall–Kier alpha value is -3.29. The van der Waals surface area contributed by atoms with Crippen LogP contribution in [-0.2, 0) is 24.1 Å². The number of nitrogens with zero attached hydrogens (tertiary/aromatic N) is 1. The van der Waals surface area contributed by atoms with Crippen LogP contribution in [0.4, 0.5) is 0 Å². The van der Waals surface area contributed by atoms with Gasteiger partial charge in [-0.3, -0.25) is 10.2 Å². The first-order valence-electron chi connectivity index (χ1n) is 14.9. The summed E-state index contributed by atoms with van der Waals surface area (Å²) in [7, 11) is -3.75. The summed E-state index contributed by atoms with van der Waals surface area (Å²) in [6.45, 7) is 5.28. The van der Waals surface area contributed by atoms with Gasteiger partial charge in [-0.2, -0.15) is 0 Å². The van der Waals surface area contributed by atoms with Gasteiger partial charge in [-0.1, -0.05) is 46.3 Å². The van der Waals surface area contributed by atoms with Gasteiger partial charge in [0.1, 0.15) is 5.75 Å². The van der Waals surface area contributed by atoms with Crippen molar-refractivity contribution >= 4 is 37.6 Å². The first-order chi connectivity index (χ1) is 21.6. The molecule has 1 aliphatic heterocycles. The lowest BCUT2D eigenvalue weighted by atomic mass is 9.85. The maximum Gasteiger partial charge on any atom is 0.266 e. The van der Waals surface area contributed by atoms with Crippen LogP contribution in [0.25, 0.3) is 0 Å². The second-order valence-corrected chi connectivity index (χ2v) is 13.9. The van der Waals surface area contributed by atoms with Gasteiger partial charge in [-0.15, -0.1) is 0 Å². The van der Waals surface area contributed by atoms with Crippen molar-refractivity contribution in [2.24, 2.45) is 4.99 Å². The van der Waals surface area contributed by atoms with Crippen molar-refractivity contribution in [3.05, 3.63) is 94.5 Å². The summed E-state index contributed by atoms with van der Waals surface area (Å²) >= 11 is 3.46. The highest BCUT2D eigenvalue weighted by Gasteiger charge is 2.53. The van der Waals surface area contributed by atoms with Gasteiger partial charge in [0, 0.05) is 42.6 Å². The molecule has 0 saturated carbocycles. The van der Waals surface area contributed by atoms with E-state index < -0.39 is 27.4 Å². The number of amides is 1. The zero-order valence-electron chi connectivity index (χ0n) is 25.4. The van der Waals surface area contributed by atoms with E-state index in [-0.39, 0.29) is 35.7 Å². The summed E-state index contributed by atoms with van der Waals surface area (Å²) in [5.41, 5.74) is 5.38. The molecule has 2 atom stereocenters. The molecule has 4 rings (SSSR count). The van der Waals surface area contributed by atoms with E-state index in [1.54, 1.807) is 54.6 Å². The molecule has 0 aromatic heterocycles. The molecule has 0 aliphatic carbocycles. The minimum Gasteiger partial charge on any atom is -0.494 e. The molecular weight excluding hydrogens is 662 g/mol. The van der Waals surface area contributed by atoms with Gasteiger partial charge in [0.05, 0.1) is 23.4 Å². The third-order valence-corrected chi connectivity index (χ3v) is 9.42. The number of hydrogen-bond donors (Lipinski definition) is 3. The summed E-state index contributed by atoms with van der Waals surface area (Å²) in [6, 6.07) is 22.6. The van der Waals surface area contributed by atoms with Crippen LogP contribution >= 0.6 is 15.9 Å². The summed E-state index contributed by atoms with van der Waals surface area (Å²) in [4.78, 5) is 19.2. The highest BCUT2D eigenvalue weighted by Crippen LogP contribution is 2.43. The van der Waals surface area contributed by atoms with Crippen molar-refractivity contribution in [1.82, 2.24) is 10.9 Å².